The molecule has 0 radical (unpaired) electrons. The molecular weight excluding hydrogens is 400 g/mol. The van der Waals surface area contributed by atoms with Crippen molar-refractivity contribution >= 4 is 17.3 Å². The molecule has 0 aromatic heterocycles. The maximum absolute atomic E-state index is 11.4. The first-order valence-electron chi connectivity index (χ1n) is 11.3. The summed E-state index contributed by atoms with van der Waals surface area (Å²) in [5.41, 5.74) is 6.19. The van der Waals surface area contributed by atoms with Gasteiger partial charge in [-0.15, -0.1) is 0 Å². The number of ether oxygens (including phenoxy) is 1. The minimum absolute atomic E-state index is 0.105. The first-order valence-corrected chi connectivity index (χ1v) is 11.3. The molecule has 3 aromatic rings. The van der Waals surface area contributed by atoms with Crippen LogP contribution < -0.4 is 4.74 Å². The highest BCUT2D eigenvalue weighted by Gasteiger charge is 2.25. The van der Waals surface area contributed by atoms with Crippen molar-refractivity contribution in [1.29, 1.82) is 0 Å². The van der Waals surface area contributed by atoms with Crippen LogP contribution in [0.15, 0.2) is 66.7 Å². The summed E-state index contributed by atoms with van der Waals surface area (Å²) < 4.78 is 6.19. The lowest BCUT2D eigenvalue weighted by Gasteiger charge is -2.26. The lowest BCUT2D eigenvalue weighted by Crippen LogP contribution is -2.33. The zero-order valence-corrected chi connectivity index (χ0v) is 18.0. The van der Waals surface area contributed by atoms with E-state index < -0.39 is 0 Å². The summed E-state index contributed by atoms with van der Waals surface area (Å²) in [7, 11) is 0. The molecule has 1 saturated heterocycles. The van der Waals surface area contributed by atoms with Crippen molar-refractivity contribution in [3.05, 3.63) is 93.5 Å². The molecule has 0 N–H and O–H groups in total. The third kappa shape index (κ3) is 4.04. The van der Waals surface area contributed by atoms with E-state index in [2.05, 4.69) is 23.1 Å². The summed E-state index contributed by atoms with van der Waals surface area (Å²) >= 11 is 0. The van der Waals surface area contributed by atoms with Gasteiger partial charge < -0.3 is 4.74 Å². The molecule has 32 heavy (non-hydrogen) atoms. The van der Waals surface area contributed by atoms with Gasteiger partial charge in [-0.3, -0.25) is 15.0 Å². The molecule has 0 spiro atoms. The Balaban J connectivity index is 1.47. The van der Waals surface area contributed by atoms with Gasteiger partial charge >= 0.3 is 0 Å². The predicted molar refractivity (Wildman–Crippen MR) is 128 cm³/mol. The van der Waals surface area contributed by atoms with E-state index in [0.717, 1.165) is 58.8 Å². The van der Waals surface area contributed by atoms with Gasteiger partial charge in [0, 0.05) is 24.2 Å². The first-order chi connectivity index (χ1) is 15.7. The quantitative estimate of drug-likeness (QED) is 0.279. The Bertz CT molecular complexity index is 1180. The number of likely N-dealkylation sites (tertiary alicyclic amines) is 1. The molecule has 5 rings (SSSR count). The van der Waals surface area contributed by atoms with Gasteiger partial charge in [-0.25, -0.2) is 0 Å². The Morgan fingerprint density at radius 3 is 2.41 bits per heavy atom. The molecule has 0 amide bonds. The molecule has 0 bridgehead atoms. The molecule has 1 aliphatic carbocycles. The predicted octanol–water partition coefficient (Wildman–Crippen LogP) is 6.03. The molecule has 1 fully saturated rings. The van der Waals surface area contributed by atoms with Gasteiger partial charge in [-0.2, -0.15) is 0 Å². The van der Waals surface area contributed by atoms with Crippen LogP contribution in [0.4, 0.5) is 5.69 Å². The number of rotatable bonds is 6. The highest BCUT2D eigenvalue weighted by atomic mass is 16.6. The van der Waals surface area contributed by atoms with Gasteiger partial charge in [0.05, 0.1) is 4.92 Å². The van der Waals surface area contributed by atoms with Crippen LogP contribution >= 0.6 is 0 Å². The number of nitrogens with zero attached hydrogens (tertiary/aromatic N) is 2. The SMILES string of the molecule is O=[N+]([O-])c1ccc2c(c1)C(=Cc1ccccc1OCCN1CCCCC1)c1ccccc1-2. The molecule has 5 heteroatoms. The molecule has 0 saturated carbocycles. The van der Waals surface area contributed by atoms with Crippen molar-refractivity contribution in [2.45, 2.75) is 19.3 Å². The lowest BCUT2D eigenvalue weighted by atomic mass is 10.0. The van der Waals surface area contributed by atoms with Crippen LogP contribution in [0.5, 0.6) is 5.75 Å². The minimum atomic E-state index is -0.335. The van der Waals surface area contributed by atoms with Crippen LogP contribution in [-0.2, 0) is 0 Å². The maximum atomic E-state index is 11.4. The fourth-order valence-electron chi connectivity index (χ4n) is 4.71. The highest BCUT2D eigenvalue weighted by Crippen LogP contribution is 2.46. The van der Waals surface area contributed by atoms with Crippen LogP contribution in [0.1, 0.15) is 36.0 Å². The van der Waals surface area contributed by atoms with Gasteiger partial charge in [0.1, 0.15) is 12.4 Å². The topological polar surface area (TPSA) is 55.6 Å². The number of hydrogen-bond donors (Lipinski definition) is 0. The Morgan fingerprint density at radius 2 is 1.59 bits per heavy atom. The maximum Gasteiger partial charge on any atom is 0.270 e. The summed E-state index contributed by atoms with van der Waals surface area (Å²) in [6.07, 6.45) is 5.97. The van der Waals surface area contributed by atoms with Gasteiger partial charge in [-0.05, 0) is 72.0 Å². The van der Waals surface area contributed by atoms with Crippen molar-refractivity contribution in [2.24, 2.45) is 0 Å². The Hall–Kier alpha value is -3.44. The number of nitro groups is 1. The van der Waals surface area contributed by atoms with Gasteiger partial charge in [0.2, 0.25) is 0 Å². The zero-order valence-electron chi connectivity index (χ0n) is 18.0. The molecule has 1 aliphatic heterocycles. The fourth-order valence-corrected chi connectivity index (χ4v) is 4.71. The largest absolute Gasteiger partial charge is 0.492 e. The number of non-ortho nitro benzene ring substituents is 1. The highest BCUT2D eigenvalue weighted by molar-refractivity contribution is 6.07. The summed E-state index contributed by atoms with van der Waals surface area (Å²) in [5, 5.41) is 11.4. The number of benzene rings is 3. The summed E-state index contributed by atoms with van der Waals surface area (Å²) in [5.74, 6) is 0.841. The summed E-state index contributed by atoms with van der Waals surface area (Å²) in [6.45, 7) is 3.89. The van der Waals surface area contributed by atoms with Crippen LogP contribution in [0, 0.1) is 10.1 Å². The third-order valence-electron chi connectivity index (χ3n) is 6.34. The number of piperidine rings is 1. The van der Waals surface area contributed by atoms with Crippen molar-refractivity contribution < 1.29 is 9.66 Å². The molecule has 162 valence electrons. The van der Waals surface area contributed by atoms with Crippen LogP contribution in [0.3, 0.4) is 0 Å². The molecule has 0 unspecified atom stereocenters. The lowest BCUT2D eigenvalue weighted by molar-refractivity contribution is -0.384. The zero-order chi connectivity index (χ0) is 21.9. The molecule has 0 atom stereocenters. The average Bonchev–Trinajstić information content (AvgIpc) is 3.14. The van der Waals surface area contributed by atoms with Crippen LogP contribution in [-0.4, -0.2) is 36.1 Å². The Kier molecular flexibility index (Phi) is 5.73. The second kappa shape index (κ2) is 8.97. The molecule has 3 aromatic carbocycles. The van der Waals surface area contributed by atoms with E-state index in [0.29, 0.717) is 6.61 Å². The monoisotopic (exact) mass is 426 g/mol. The minimum Gasteiger partial charge on any atom is -0.492 e. The van der Waals surface area contributed by atoms with E-state index in [1.807, 2.05) is 42.5 Å². The smallest absolute Gasteiger partial charge is 0.270 e. The van der Waals surface area contributed by atoms with E-state index in [1.165, 1.54) is 19.3 Å². The summed E-state index contributed by atoms with van der Waals surface area (Å²) in [4.78, 5) is 13.5. The van der Waals surface area contributed by atoms with Crippen molar-refractivity contribution in [2.75, 3.05) is 26.2 Å². The second-order valence-electron chi connectivity index (χ2n) is 8.38. The number of para-hydroxylation sites is 1. The van der Waals surface area contributed by atoms with Crippen LogP contribution in [0.2, 0.25) is 0 Å². The Labute approximate surface area is 188 Å². The molecular formula is C27H26N2O3. The number of nitro benzene ring substituents is 1. The first kappa shape index (κ1) is 20.5. The molecule has 5 nitrogen and oxygen atoms in total. The van der Waals surface area contributed by atoms with E-state index in [9.17, 15) is 10.1 Å². The number of fused-ring (bicyclic) bond motifs is 3. The van der Waals surface area contributed by atoms with E-state index in [4.69, 9.17) is 4.74 Å². The molecule has 2 aliphatic rings. The Morgan fingerprint density at radius 1 is 0.875 bits per heavy atom. The summed E-state index contributed by atoms with van der Waals surface area (Å²) in [6, 6.07) is 21.3. The third-order valence-corrected chi connectivity index (χ3v) is 6.34. The average molecular weight is 427 g/mol. The van der Waals surface area contributed by atoms with E-state index in [-0.39, 0.29) is 10.6 Å². The van der Waals surface area contributed by atoms with Gasteiger partial charge in [-0.1, -0.05) is 48.9 Å². The van der Waals surface area contributed by atoms with Gasteiger partial charge in [0.15, 0.2) is 0 Å². The molecule has 1 heterocycles. The van der Waals surface area contributed by atoms with Gasteiger partial charge in [0.25, 0.3) is 5.69 Å². The van der Waals surface area contributed by atoms with Crippen molar-refractivity contribution in [3.63, 3.8) is 0 Å². The number of hydrogen-bond acceptors (Lipinski definition) is 4. The second-order valence-corrected chi connectivity index (χ2v) is 8.38. The van der Waals surface area contributed by atoms with E-state index >= 15 is 0 Å². The van der Waals surface area contributed by atoms with Crippen molar-refractivity contribution in [3.8, 4) is 16.9 Å². The normalized spacial score (nSPS) is 16.6. The van der Waals surface area contributed by atoms with Crippen LogP contribution in [0.25, 0.3) is 22.8 Å². The van der Waals surface area contributed by atoms with E-state index in [1.54, 1.807) is 12.1 Å². The standard InChI is InChI=1S/C27H26N2O3/c30-29(31)21-12-13-24-22-9-3-4-10-23(22)25(26(24)19-21)18-20-8-2-5-11-27(20)32-17-16-28-14-6-1-7-15-28/h2-5,8-13,18-19H,1,6-7,14-17H2. The van der Waals surface area contributed by atoms with Crippen molar-refractivity contribution in [1.82, 2.24) is 4.90 Å². The fraction of sp³-hybridized carbons (Fsp3) is 0.259.